The molecule has 196 valence electrons. The van der Waals surface area contributed by atoms with Gasteiger partial charge in [0.05, 0.1) is 5.69 Å². The summed E-state index contributed by atoms with van der Waals surface area (Å²) in [6.07, 6.45) is -0.836. The first-order valence-corrected chi connectivity index (χ1v) is 14.0. The lowest BCUT2D eigenvalue weighted by atomic mass is 9.78. The molecule has 37 heavy (non-hydrogen) atoms. The molecule has 4 rings (SSSR count). The molecule has 0 saturated carbocycles. The van der Waals surface area contributed by atoms with Gasteiger partial charge in [0.1, 0.15) is 5.75 Å². The van der Waals surface area contributed by atoms with Crippen molar-refractivity contribution in [2.75, 3.05) is 10.7 Å². The molecule has 0 spiro atoms. The van der Waals surface area contributed by atoms with Gasteiger partial charge in [0.25, 0.3) is 0 Å². The average molecular weight is 586 g/mol. The topological polar surface area (TPSA) is 88.4 Å². The molecular weight excluding hydrogens is 552 g/mol. The maximum atomic E-state index is 13.3. The highest BCUT2D eigenvalue weighted by atomic mass is 79.9. The van der Waals surface area contributed by atoms with Crippen LogP contribution in [0.3, 0.4) is 0 Å². The zero-order valence-corrected chi connectivity index (χ0v) is 24.9. The molecule has 0 aliphatic carbocycles. The van der Waals surface area contributed by atoms with E-state index in [-0.39, 0.29) is 22.5 Å². The number of phenolic OH excluding ortho intramolecular Hbond substituents is 1. The van der Waals surface area contributed by atoms with E-state index < -0.39 is 6.23 Å². The lowest BCUT2D eigenvalue weighted by molar-refractivity contribution is -0.118. The largest absolute Gasteiger partial charge is 0.507 e. The van der Waals surface area contributed by atoms with Crippen molar-refractivity contribution < 1.29 is 14.6 Å². The Balaban J connectivity index is 2.05. The Kier molecular flexibility index (Phi) is 7.33. The van der Waals surface area contributed by atoms with Gasteiger partial charge < -0.3 is 9.84 Å². The number of carbonyl (C=O) groups excluding carboxylic acids is 1. The smallest absolute Gasteiger partial charge is 0.247 e. The summed E-state index contributed by atoms with van der Waals surface area (Å²) in [6.45, 7) is 15.9. The van der Waals surface area contributed by atoms with Gasteiger partial charge in [-0.05, 0) is 46.9 Å². The molecule has 1 aliphatic rings. The van der Waals surface area contributed by atoms with Gasteiger partial charge in [-0.2, -0.15) is 4.98 Å². The summed E-state index contributed by atoms with van der Waals surface area (Å²) >= 11 is 5.02. The number of thioether (sulfide) groups is 1. The fraction of sp³-hybridized carbons (Fsp3) is 0.429. The van der Waals surface area contributed by atoms with Crippen LogP contribution in [0.4, 0.5) is 5.69 Å². The summed E-state index contributed by atoms with van der Waals surface area (Å²) in [5.41, 5.74) is 3.43. The van der Waals surface area contributed by atoms with Gasteiger partial charge in [0.2, 0.25) is 23.2 Å². The summed E-state index contributed by atoms with van der Waals surface area (Å²) in [6, 6.07) is 9.53. The number of rotatable bonds is 3. The fourth-order valence-electron chi connectivity index (χ4n) is 4.43. The Morgan fingerprint density at radius 3 is 2.24 bits per heavy atom. The van der Waals surface area contributed by atoms with E-state index in [9.17, 15) is 9.90 Å². The molecule has 1 aliphatic heterocycles. The second-order valence-corrected chi connectivity index (χ2v) is 13.3. The quantitative estimate of drug-likeness (QED) is 0.327. The molecule has 1 aromatic heterocycles. The van der Waals surface area contributed by atoms with Crippen molar-refractivity contribution in [2.24, 2.45) is 0 Å². The van der Waals surface area contributed by atoms with E-state index in [1.54, 1.807) is 4.90 Å². The minimum absolute atomic E-state index is 0.194. The van der Waals surface area contributed by atoms with Gasteiger partial charge >= 0.3 is 0 Å². The Hall–Kier alpha value is -2.65. The first-order valence-electron chi connectivity index (χ1n) is 12.2. The van der Waals surface area contributed by atoms with Crippen molar-refractivity contribution in [1.29, 1.82) is 0 Å². The van der Waals surface area contributed by atoms with Crippen molar-refractivity contribution in [1.82, 2.24) is 15.2 Å². The first-order chi connectivity index (χ1) is 17.2. The van der Waals surface area contributed by atoms with Crippen LogP contribution < -0.4 is 9.64 Å². The number of hydrogen-bond donors (Lipinski definition) is 1. The number of aromatic nitrogens is 3. The van der Waals surface area contributed by atoms with Crippen molar-refractivity contribution in [2.45, 2.75) is 77.6 Å². The van der Waals surface area contributed by atoms with Crippen molar-refractivity contribution in [3.05, 3.63) is 51.5 Å². The summed E-state index contributed by atoms with van der Waals surface area (Å²) in [4.78, 5) is 19.6. The van der Waals surface area contributed by atoms with Gasteiger partial charge in [-0.3, -0.25) is 9.69 Å². The molecule has 9 heteroatoms. The predicted octanol–water partition coefficient (Wildman–Crippen LogP) is 7.16. The van der Waals surface area contributed by atoms with E-state index >= 15 is 0 Å². The van der Waals surface area contributed by atoms with Crippen LogP contribution in [0.1, 0.15) is 78.3 Å². The second kappa shape index (κ2) is 9.91. The van der Waals surface area contributed by atoms with Crippen LogP contribution in [0.2, 0.25) is 0 Å². The number of fused-ring (bicyclic) bond motifs is 3. The number of benzene rings is 2. The number of ether oxygens (including phenoxy) is 1. The van der Waals surface area contributed by atoms with Gasteiger partial charge in [-0.25, -0.2) is 0 Å². The first kappa shape index (κ1) is 27.4. The maximum Gasteiger partial charge on any atom is 0.247 e. The van der Waals surface area contributed by atoms with Gasteiger partial charge in [0.15, 0.2) is 5.69 Å². The number of anilines is 1. The predicted molar refractivity (Wildman–Crippen MR) is 151 cm³/mol. The number of phenols is 1. The molecule has 1 atom stereocenters. The van der Waals surface area contributed by atoms with Gasteiger partial charge in [-0.1, -0.05) is 76.2 Å². The summed E-state index contributed by atoms with van der Waals surface area (Å²) in [7, 11) is 0. The molecule has 1 N–H and O–H groups in total. The third-order valence-electron chi connectivity index (χ3n) is 6.21. The standard InChI is InChI=1S/C28H33BrN4O3S/c1-9-37-26-30-24-22(31-32-26)18-14-17(29)10-11-21(18)33(15(2)34)25(36-24)16-12-19(27(3,4)5)23(35)20(13-16)28(6,7)8/h10-14,25,35H,9H2,1-8H3/t25-/m1/s1. The number of aromatic hydroxyl groups is 1. The zero-order valence-electron chi connectivity index (χ0n) is 22.5. The second-order valence-electron chi connectivity index (χ2n) is 11.2. The highest BCUT2D eigenvalue weighted by Crippen LogP contribution is 2.47. The molecule has 0 bridgehead atoms. The molecule has 0 saturated heterocycles. The third-order valence-corrected chi connectivity index (χ3v) is 7.43. The van der Waals surface area contributed by atoms with Gasteiger partial charge in [0, 0.05) is 33.7 Å². The highest BCUT2D eigenvalue weighted by molar-refractivity contribution is 9.10. The molecular formula is C28H33BrN4O3S. The van der Waals surface area contributed by atoms with E-state index in [2.05, 4.69) is 72.7 Å². The Morgan fingerprint density at radius 1 is 1.08 bits per heavy atom. The average Bonchev–Trinajstić information content (AvgIpc) is 2.92. The minimum atomic E-state index is -0.836. The Labute approximate surface area is 231 Å². The monoisotopic (exact) mass is 584 g/mol. The molecule has 0 unspecified atom stereocenters. The van der Waals surface area contributed by atoms with Crippen molar-refractivity contribution in [3.63, 3.8) is 0 Å². The van der Waals surface area contributed by atoms with Crippen molar-refractivity contribution >= 4 is 39.3 Å². The maximum absolute atomic E-state index is 13.3. The van der Waals surface area contributed by atoms with E-state index in [0.29, 0.717) is 28.0 Å². The molecule has 2 aromatic carbocycles. The number of amides is 1. The lowest BCUT2D eigenvalue weighted by Crippen LogP contribution is -2.36. The van der Waals surface area contributed by atoms with E-state index in [0.717, 1.165) is 26.9 Å². The Bertz CT molecular complexity index is 1330. The van der Waals surface area contributed by atoms with Crippen LogP contribution in [-0.4, -0.2) is 31.9 Å². The number of carbonyl (C=O) groups is 1. The molecule has 7 nitrogen and oxygen atoms in total. The minimum Gasteiger partial charge on any atom is -0.507 e. The van der Waals surface area contributed by atoms with Crippen LogP contribution in [-0.2, 0) is 15.6 Å². The van der Waals surface area contributed by atoms with Crippen LogP contribution in [0.15, 0.2) is 40.0 Å². The molecule has 0 fully saturated rings. The SMILES string of the molecule is CCSc1nnc2c(n1)O[C@H](c1cc(C(C)(C)C)c(O)c(C(C)(C)C)c1)N(C(C)=O)c1ccc(Br)cc1-2. The zero-order chi connectivity index (χ0) is 27.3. The Morgan fingerprint density at radius 2 is 1.70 bits per heavy atom. The van der Waals surface area contributed by atoms with E-state index in [1.807, 2.05) is 37.3 Å². The lowest BCUT2D eigenvalue weighted by Gasteiger charge is -2.33. The fourth-order valence-corrected chi connectivity index (χ4v) is 5.29. The molecule has 2 heterocycles. The normalized spacial score (nSPS) is 15.5. The van der Waals surface area contributed by atoms with Crippen LogP contribution >= 0.6 is 27.7 Å². The van der Waals surface area contributed by atoms with E-state index in [1.165, 1.54) is 18.7 Å². The number of nitrogens with zero attached hydrogens (tertiary/aromatic N) is 4. The summed E-state index contributed by atoms with van der Waals surface area (Å²) in [5, 5.41) is 20.6. The van der Waals surface area contributed by atoms with Crippen LogP contribution in [0.5, 0.6) is 11.6 Å². The molecule has 3 aromatic rings. The van der Waals surface area contributed by atoms with Crippen molar-refractivity contribution in [3.8, 4) is 22.9 Å². The molecule has 1 amide bonds. The van der Waals surface area contributed by atoms with E-state index in [4.69, 9.17) is 4.74 Å². The third kappa shape index (κ3) is 5.34. The van der Waals surface area contributed by atoms with Gasteiger partial charge in [-0.15, -0.1) is 10.2 Å². The number of hydrogen-bond acceptors (Lipinski definition) is 7. The van der Waals surface area contributed by atoms with Crippen LogP contribution in [0, 0.1) is 0 Å². The molecule has 0 radical (unpaired) electrons. The number of halogens is 1. The summed E-state index contributed by atoms with van der Waals surface area (Å²) < 4.78 is 7.42. The highest BCUT2D eigenvalue weighted by Gasteiger charge is 2.37. The summed E-state index contributed by atoms with van der Waals surface area (Å²) in [5.74, 6) is 1.16. The van der Waals surface area contributed by atoms with Crippen LogP contribution in [0.25, 0.3) is 11.3 Å².